The van der Waals surface area contributed by atoms with E-state index in [0.717, 1.165) is 41.3 Å². The molecule has 4 rings (SSSR count). The van der Waals surface area contributed by atoms with Crippen molar-refractivity contribution >= 4 is 27.4 Å². The average Bonchev–Trinajstić information content (AvgIpc) is 3.24. The molecule has 1 N–H and O–H groups in total. The molecule has 22 heavy (non-hydrogen) atoms. The number of thiophene rings is 1. The number of rotatable bonds is 4. The van der Waals surface area contributed by atoms with Crippen LogP contribution in [0.25, 0.3) is 10.2 Å². The Morgan fingerprint density at radius 1 is 1.36 bits per heavy atom. The van der Waals surface area contributed by atoms with Crippen LogP contribution in [0.5, 0.6) is 0 Å². The number of fused-ring (bicyclic) bond motifs is 1. The molecule has 0 aromatic carbocycles. The molecule has 0 aliphatic carbocycles. The maximum Gasteiger partial charge on any atom is 0.255 e. The predicted octanol–water partition coefficient (Wildman–Crippen LogP) is 2.85. The molecule has 114 valence electrons. The second-order valence-corrected chi connectivity index (χ2v) is 6.06. The van der Waals surface area contributed by atoms with E-state index in [9.17, 15) is 0 Å². The largest absolute Gasteiger partial charge is 0.368 e. The van der Waals surface area contributed by atoms with Gasteiger partial charge in [0.25, 0.3) is 5.89 Å². The van der Waals surface area contributed by atoms with Gasteiger partial charge in [0.1, 0.15) is 22.6 Å². The van der Waals surface area contributed by atoms with Gasteiger partial charge in [0.15, 0.2) is 5.82 Å². The van der Waals surface area contributed by atoms with E-state index in [1.165, 1.54) is 0 Å². The molecule has 3 aromatic rings. The molecule has 0 spiro atoms. The summed E-state index contributed by atoms with van der Waals surface area (Å²) in [6, 6.07) is 2.01. The Balaban J connectivity index is 1.50. The number of anilines is 1. The molecule has 7 nitrogen and oxygen atoms in total. The highest BCUT2D eigenvalue weighted by atomic mass is 32.1. The molecule has 8 heteroatoms. The normalized spacial score (nSPS) is 18.1. The summed E-state index contributed by atoms with van der Waals surface area (Å²) in [6.45, 7) is 3.10. The predicted molar refractivity (Wildman–Crippen MR) is 81.7 cm³/mol. The zero-order valence-electron chi connectivity index (χ0n) is 12.1. The fourth-order valence-electron chi connectivity index (χ4n) is 2.50. The van der Waals surface area contributed by atoms with Gasteiger partial charge in [-0.25, -0.2) is 9.97 Å². The smallest absolute Gasteiger partial charge is 0.255 e. The number of hydrogen-bond acceptors (Lipinski definition) is 8. The molecule has 0 radical (unpaired) electrons. The molecule has 0 unspecified atom stereocenters. The third-order valence-corrected chi connectivity index (χ3v) is 4.35. The Labute approximate surface area is 130 Å². The monoisotopic (exact) mass is 317 g/mol. The highest BCUT2D eigenvalue weighted by Gasteiger charge is 2.23. The van der Waals surface area contributed by atoms with E-state index in [4.69, 9.17) is 9.26 Å². The van der Waals surface area contributed by atoms with Crippen molar-refractivity contribution in [3.63, 3.8) is 0 Å². The number of nitrogens with one attached hydrogen (secondary N) is 1. The molecular weight excluding hydrogens is 302 g/mol. The number of aromatic nitrogens is 4. The summed E-state index contributed by atoms with van der Waals surface area (Å²) in [4.78, 5) is 14.2. The van der Waals surface area contributed by atoms with E-state index in [2.05, 4.69) is 25.4 Å². The Kier molecular flexibility index (Phi) is 3.47. The lowest BCUT2D eigenvalue weighted by molar-refractivity contribution is 0.0835. The fourth-order valence-corrected chi connectivity index (χ4v) is 3.31. The Morgan fingerprint density at radius 3 is 3.18 bits per heavy atom. The minimum atomic E-state index is -0.0499. The van der Waals surface area contributed by atoms with Gasteiger partial charge in [0, 0.05) is 6.61 Å². The molecular formula is C14H15N5O2S. The molecule has 1 atom stereocenters. The lowest BCUT2D eigenvalue weighted by Gasteiger charge is -2.05. The number of aryl methyl sites for hydroxylation is 1. The van der Waals surface area contributed by atoms with Crippen molar-refractivity contribution in [2.45, 2.75) is 32.4 Å². The number of ether oxygens (including phenoxy) is 1. The van der Waals surface area contributed by atoms with Crippen LogP contribution in [0.1, 0.15) is 36.5 Å². The molecule has 0 amide bonds. The van der Waals surface area contributed by atoms with Crippen LogP contribution in [0, 0.1) is 6.92 Å². The molecule has 0 saturated carbocycles. The van der Waals surface area contributed by atoms with Gasteiger partial charge in [-0.1, -0.05) is 5.16 Å². The maximum atomic E-state index is 5.54. The van der Waals surface area contributed by atoms with Crippen LogP contribution in [0.4, 0.5) is 5.82 Å². The summed E-state index contributed by atoms with van der Waals surface area (Å²) < 4.78 is 10.8. The van der Waals surface area contributed by atoms with Gasteiger partial charge in [-0.15, -0.1) is 11.3 Å². The van der Waals surface area contributed by atoms with E-state index in [-0.39, 0.29) is 6.10 Å². The fraction of sp³-hybridized carbons (Fsp3) is 0.429. The first-order valence-corrected chi connectivity index (χ1v) is 8.07. The van der Waals surface area contributed by atoms with Gasteiger partial charge < -0.3 is 14.6 Å². The SMILES string of the molecule is Cc1nc(NCc2noc([C@@H]3CCCO3)n2)c2ccsc2n1. The van der Waals surface area contributed by atoms with Crippen molar-refractivity contribution in [1.82, 2.24) is 20.1 Å². The van der Waals surface area contributed by atoms with Gasteiger partial charge in [0.2, 0.25) is 0 Å². The van der Waals surface area contributed by atoms with Crippen LogP contribution in [0.2, 0.25) is 0 Å². The summed E-state index contributed by atoms with van der Waals surface area (Å²) in [5.74, 6) is 2.71. The average molecular weight is 317 g/mol. The van der Waals surface area contributed by atoms with Crippen LogP contribution in [-0.2, 0) is 11.3 Å². The second kappa shape index (κ2) is 5.62. The molecule has 0 bridgehead atoms. The van der Waals surface area contributed by atoms with Gasteiger partial charge in [-0.2, -0.15) is 4.98 Å². The highest BCUT2D eigenvalue weighted by molar-refractivity contribution is 7.16. The van der Waals surface area contributed by atoms with Crippen LogP contribution in [-0.4, -0.2) is 26.7 Å². The number of nitrogens with zero attached hydrogens (tertiary/aromatic N) is 4. The summed E-state index contributed by atoms with van der Waals surface area (Å²) in [5.41, 5.74) is 0. The van der Waals surface area contributed by atoms with Crippen molar-refractivity contribution in [3.8, 4) is 0 Å². The zero-order valence-corrected chi connectivity index (χ0v) is 12.9. The quantitative estimate of drug-likeness (QED) is 0.791. The second-order valence-electron chi connectivity index (χ2n) is 5.16. The van der Waals surface area contributed by atoms with Gasteiger partial charge in [0.05, 0.1) is 11.9 Å². The topological polar surface area (TPSA) is 86.0 Å². The molecule has 1 aliphatic rings. The van der Waals surface area contributed by atoms with Crippen molar-refractivity contribution in [2.24, 2.45) is 0 Å². The minimum absolute atomic E-state index is 0.0499. The Hall–Kier alpha value is -2.06. The van der Waals surface area contributed by atoms with Gasteiger partial charge >= 0.3 is 0 Å². The third-order valence-electron chi connectivity index (χ3n) is 3.54. The Bertz CT molecular complexity index is 793. The molecule has 4 heterocycles. The Morgan fingerprint density at radius 2 is 2.32 bits per heavy atom. The highest BCUT2D eigenvalue weighted by Crippen LogP contribution is 2.27. The van der Waals surface area contributed by atoms with Crippen molar-refractivity contribution in [1.29, 1.82) is 0 Å². The summed E-state index contributed by atoms with van der Waals surface area (Å²) >= 11 is 1.60. The molecule has 3 aromatic heterocycles. The molecule has 1 fully saturated rings. The van der Waals surface area contributed by atoms with Crippen LogP contribution >= 0.6 is 11.3 Å². The molecule has 1 saturated heterocycles. The van der Waals surface area contributed by atoms with Gasteiger partial charge in [-0.05, 0) is 31.2 Å². The summed E-state index contributed by atoms with van der Waals surface area (Å²) in [7, 11) is 0. The molecule has 1 aliphatic heterocycles. The standard InChI is InChI=1S/C14H15N5O2S/c1-8-16-12(9-4-6-22-14(9)17-8)15-7-11-18-13(21-19-11)10-3-2-5-20-10/h4,6,10H,2-3,5,7H2,1H3,(H,15,16,17)/t10-/m0/s1. The van der Waals surface area contributed by atoms with Crippen molar-refractivity contribution in [2.75, 3.05) is 11.9 Å². The van der Waals surface area contributed by atoms with E-state index in [0.29, 0.717) is 18.3 Å². The van der Waals surface area contributed by atoms with Gasteiger partial charge in [-0.3, -0.25) is 0 Å². The van der Waals surface area contributed by atoms with Crippen molar-refractivity contribution < 1.29 is 9.26 Å². The maximum absolute atomic E-state index is 5.54. The van der Waals surface area contributed by atoms with Crippen LogP contribution in [0.15, 0.2) is 16.0 Å². The lowest BCUT2D eigenvalue weighted by atomic mass is 10.2. The number of hydrogen-bond donors (Lipinski definition) is 1. The first-order valence-electron chi connectivity index (χ1n) is 7.19. The third kappa shape index (κ3) is 2.55. The first kappa shape index (κ1) is 13.6. The van der Waals surface area contributed by atoms with Crippen LogP contribution < -0.4 is 5.32 Å². The minimum Gasteiger partial charge on any atom is -0.368 e. The van der Waals surface area contributed by atoms with E-state index >= 15 is 0 Å². The van der Waals surface area contributed by atoms with Crippen molar-refractivity contribution in [3.05, 3.63) is 29.0 Å². The summed E-state index contributed by atoms with van der Waals surface area (Å²) in [6.07, 6.45) is 1.93. The first-order chi connectivity index (χ1) is 10.8. The lowest BCUT2D eigenvalue weighted by Crippen LogP contribution is -2.05. The van der Waals surface area contributed by atoms with Crippen LogP contribution in [0.3, 0.4) is 0 Å². The van der Waals surface area contributed by atoms with E-state index in [1.54, 1.807) is 11.3 Å². The zero-order chi connectivity index (χ0) is 14.9. The van der Waals surface area contributed by atoms with E-state index < -0.39 is 0 Å². The van der Waals surface area contributed by atoms with E-state index in [1.807, 2.05) is 18.4 Å². The summed E-state index contributed by atoms with van der Waals surface area (Å²) in [5, 5.41) is 10.3.